The number of aryl methyl sites for hydroxylation is 2. The summed E-state index contributed by atoms with van der Waals surface area (Å²) >= 11 is 1.39. The number of nitrogens with one attached hydrogen (secondary N) is 1. The molecule has 32 heavy (non-hydrogen) atoms. The van der Waals surface area contributed by atoms with Crippen molar-refractivity contribution < 1.29 is 22.4 Å². The van der Waals surface area contributed by atoms with Gasteiger partial charge in [0.1, 0.15) is 0 Å². The number of morpholine rings is 1. The summed E-state index contributed by atoms with van der Waals surface area (Å²) in [4.78, 5) is 25.3. The fraction of sp³-hybridized carbons (Fsp3) is 0.350. The predicted octanol–water partition coefficient (Wildman–Crippen LogP) is 1.92. The molecule has 1 N–H and O–H groups in total. The highest BCUT2D eigenvalue weighted by atomic mass is 32.2. The van der Waals surface area contributed by atoms with Crippen LogP contribution in [-0.4, -0.2) is 54.7 Å². The molecule has 2 aromatic heterocycles. The molecule has 12 heteroatoms. The van der Waals surface area contributed by atoms with Gasteiger partial charge in [-0.3, -0.25) is 4.79 Å². The van der Waals surface area contributed by atoms with E-state index in [-0.39, 0.29) is 42.7 Å². The molecule has 0 bridgehead atoms. The summed E-state index contributed by atoms with van der Waals surface area (Å²) in [5.74, 6) is -0.806. The summed E-state index contributed by atoms with van der Waals surface area (Å²) in [6, 6.07) is 8.24. The van der Waals surface area contributed by atoms with E-state index in [0.29, 0.717) is 18.9 Å². The Kier molecular flexibility index (Phi) is 6.55. The van der Waals surface area contributed by atoms with E-state index in [2.05, 4.69) is 10.4 Å². The Morgan fingerprint density at radius 1 is 1.25 bits per heavy atom. The minimum absolute atomic E-state index is 0.0315. The van der Waals surface area contributed by atoms with Gasteiger partial charge in [-0.25, -0.2) is 13.2 Å². The zero-order valence-corrected chi connectivity index (χ0v) is 18.9. The first kappa shape index (κ1) is 22.4. The Morgan fingerprint density at radius 2 is 2.03 bits per heavy atom. The quantitative estimate of drug-likeness (QED) is 0.550. The highest BCUT2D eigenvalue weighted by molar-refractivity contribution is 7.89. The molecule has 0 saturated carbocycles. The number of anilines is 1. The molecule has 1 amide bonds. The number of aromatic nitrogens is 2. The van der Waals surface area contributed by atoms with E-state index in [4.69, 9.17) is 9.15 Å². The first-order chi connectivity index (χ1) is 15.3. The molecule has 4 rings (SSSR count). The molecule has 0 aliphatic carbocycles. The van der Waals surface area contributed by atoms with Crippen LogP contribution in [0.5, 0.6) is 0 Å². The maximum Gasteiger partial charge on any atom is 0.437 e. The molecular weight excluding hydrogens is 456 g/mol. The number of nitrogens with zero attached hydrogens (tertiary/aromatic N) is 3. The number of thiophene rings is 1. The van der Waals surface area contributed by atoms with E-state index in [1.54, 1.807) is 19.1 Å². The molecule has 10 nitrogen and oxygen atoms in total. The lowest BCUT2D eigenvalue weighted by Gasteiger charge is -2.26. The SMILES string of the molecule is Cc1ccc(S(=O)(=O)N2CCOCC2)cc1NC(=O)CCn1nc(-c2cccs2)oc1=O. The monoisotopic (exact) mass is 478 g/mol. The minimum Gasteiger partial charge on any atom is -0.387 e. The van der Waals surface area contributed by atoms with Crippen LogP contribution in [0.4, 0.5) is 5.69 Å². The third kappa shape index (κ3) is 4.83. The van der Waals surface area contributed by atoms with Crippen molar-refractivity contribution in [2.24, 2.45) is 0 Å². The van der Waals surface area contributed by atoms with E-state index in [0.717, 1.165) is 15.1 Å². The van der Waals surface area contributed by atoms with Crippen LogP contribution in [0.1, 0.15) is 12.0 Å². The molecule has 1 saturated heterocycles. The van der Waals surface area contributed by atoms with Gasteiger partial charge < -0.3 is 14.5 Å². The Labute approximate surface area is 188 Å². The highest BCUT2D eigenvalue weighted by Crippen LogP contribution is 2.24. The predicted molar refractivity (Wildman–Crippen MR) is 118 cm³/mol. The average Bonchev–Trinajstić information content (AvgIpc) is 3.44. The van der Waals surface area contributed by atoms with Gasteiger partial charge in [0, 0.05) is 25.2 Å². The maximum absolute atomic E-state index is 12.9. The highest BCUT2D eigenvalue weighted by Gasteiger charge is 2.27. The van der Waals surface area contributed by atoms with Crippen LogP contribution in [0.15, 0.2) is 49.8 Å². The Hall–Kier alpha value is -2.80. The largest absolute Gasteiger partial charge is 0.437 e. The van der Waals surface area contributed by atoms with Crippen molar-refractivity contribution in [3.8, 4) is 10.8 Å². The molecule has 0 radical (unpaired) electrons. The van der Waals surface area contributed by atoms with Gasteiger partial charge in [-0.15, -0.1) is 16.4 Å². The standard InChI is InChI=1S/C20H22N4O6S2/c1-14-4-5-15(32(27,28)23-8-10-29-11-9-23)13-16(14)21-18(25)6-7-24-20(26)30-19(22-24)17-3-2-12-31-17/h2-5,12-13H,6-11H2,1H3,(H,21,25). The smallest absolute Gasteiger partial charge is 0.387 e. The summed E-state index contributed by atoms with van der Waals surface area (Å²) in [5.41, 5.74) is 1.12. The lowest BCUT2D eigenvalue weighted by molar-refractivity contribution is -0.116. The summed E-state index contributed by atoms with van der Waals surface area (Å²) in [6.07, 6.45) is -0.0315. The average molecular weight is 479 g/mol. The van der Waals surface area contributed by atoms with Crippen LogP contribution in [0.2, 0.25) is 0 Å². The van der Waals surface area contributed by atoms with Crippen LogP contribution >= 0.6 is 11.3 Å². The van der Waals surface area contributed by atoms with E-state index < -0.39 is 15.8 Å². The van der Waals surface area contributed by atoms with E-state index in [9.17, 15) is 18.0 Å². The second-order valence-electron chi connectivity index (χ2n) is 7.16. The van der Waals surface area contributed by atoms with Crippen molar-refractivity contribution in [2.45, 2.75) is 24.8 Å². The second kappa shape index (κ2) is 9.36. The van der Waals surface area contributed by atoms with Crippen molar-refractivity contribution in [2.75, 3.05) is 31.6 Å². The van der Waals surface area contributed by atoms with Crippen molar-refractivity contribution in [1.29, 1.82) is 0 Å². The number of hydrogen-bond acceptors (Lipinski definition) is 8. The second-order valence-corrected chi connectivity index (χ2v) is 10.1. The number of sulfonamides is 1. The Morgan fingerprint density at radius 3 is 2.75 bits per heavy atom. The molecule has 3 aromatic rings. The number of carbonyl (C=O) groups excluding carboxylic acids is 1. The van der Waals surface area contributed by atoms with Gasteiger partial charge in [-0.1, -0.05) is 12.1 Å². The maximum atomic E-state index is 12.9. The van der Waals surface area contributed by atoms with Crippen molar-refractivity contribution in [1.82, 2.24) is 14.1 Å². The van der Waals surface area contributed by atoms with Gasteiger partial charge >= 0.3 is 5.76 Å². The molecule has 1 aliphatic rings. The topological polar surface area (TPSA) is 124 Å². The molecule has 0 unspecified atom stereocenters. The number of rotatable bonds is 7. The molecule has 3 heterocycles. The molecule has 1 aliphatic heterocycles. The fourth-order valence-electron chi connectivity index (χ4n) is 3.20. The zero-order chi connectivity index (χ0) is 22.7. The van der Waals surface area contributed by atoms with Crippen molar-refractivity contribution >= 4 is 33.0 Å². The normalized spacial score (nSPS) is 15.0. The molecule has 170 valence electrons. The molecular formula is C20H22N4O6S2. The number of benzene rings is 1. The lowest BCUT2D eigenvalue weighted by Crippen LogP contribution is -2.40. The third-order valence-corrected chi connectivity index (χ3v) is 7.73. The zero-order valence-electron chi connectivity index (χ0n) is 17.3. The molecule has 0 atom stereocenters. The van der Waals surface area contributed by atoms with E-state index in [1.165, 1.54) is 27.8 Å². The van der Waals surface area contributed by atoms with Gasteiger partial charge in [-0.05, 0) is 36.1 Å². The van der Waals surface area contributed by atoms with E-state index in [1.807, 2.05) is 11.4 Å². The van der Waals surface area contributed by atoms with Crippen molar-refractivity contribution in [3.05, 3.63) is 51.8 Å². The van der Waals surface area contributed by atoms with Crippen LogP contribution in [0.25, 0.3) is 10.8 Å². The lowest BCUT2D eigenvalue weighted by atomic mass is 10.2. The number of carbonyl (C=O) groups is 1. The van der Waals surface area contributed by atoms with E-state index >= 15 is 0 Å². The summed E-state index contributed by atoms with van der Waals surface area (Å²) < 4.78 is 38.6. The van der Waals surface area contributed by atoms with Gasteiger partial charge in [0.05, 0.1) is 29.5 Å². The van der Waals surface area contributed by atoms with Gasteiger partial charge in [0.15, 0.2) is 0 Å². The minimum atomic E-state index is -3.68. The van der Waals surface area contributed by atoms with Crippen LogP contribution in [0, 0.1) is 6.92 Å². The Bertz CT molecular complexity index is 1260. The Balaban J connectivity index is 1.43. The van der Waals surface area contributed by atoms with Crippen molar-refractivity contribution in [3.63, 3.8) is 0 Å². The van der Waals surface area contributed by atoms with Crippen LogP contribution in [-0.2, 0) is 26.1 Å². The first-order valence-corrected chi connectivity index (χ1v) is 12.3. The van der Waals surface area contributed by atoms with Gasteiger partial charge in [-0.2, -0.15) is 8.99 Å². The summed E-state index contributed by atoms with van der Waals surface area (Å²) in [6.45, 7) is 3.09. The fourth-order valence-corrected chi connectivity index (χ4v) is 5.28. The molecule has 1 fully saturated rings. The first-order valence-electron chi connectivity index (χ1n) is 9.95. The van der Waals surface area contributed by atoms with Gasteiger partial charge in [0.2, 0.25) is 15.9 Å². The van der Waals surface area contributed by atoms with Crippen LogP contribution < -0.4 is 11.1 Å². The number of ether oxygens (including phenoxy) is 1. The van der Waals surface area contributed by atoms with Gasteiger partial charge in [0.25, 0.3) is 5.89 Å². The molecule has 0 spiro atoms. The third-order valence-electron chi connectivity index (χ3n) is 4.98. The summed E-state index contributed by atoms with van der Waals surface area (Å²) in [5, 5.41) is 8.70. The van der Waals surface area contributed by atoms with Crippen LogP contribution in [0.3, 0.4) is 0 Å². The molecule has 1 aromatic carbocycles. The number of amides is 1. The number of hydrogen-bond donors (Lipinski definition) is 1. The summed E-state index contributed by atoms with van der Waals surface area (Å²) in [7, 11) is -3.68.